The third-order valence-corrected chi connectivity index (χ3v) is 6.10. The summed E-state index contributed by atoms with van der Waals surface area (Å²) < 4.78 is 5.76. The quantitative estimate of drug-likeness (QED) is 0.917. The van der Waals surface area contributed by atoms with Gasteiger partial charge in [0.15, 0.2) is 0 Å². The zero-order valence-corrected chi connectivity index (χ0v) is 14.7. The number of benzene rings is 2. The number of hydrogen-bond acceptors (Lipinski definition) is 3. The zero-order chi connectivity index (χ0) is 17.7. The van der Waals surface area contributed by atoms with Gasteiger partial charge < -0.3 is 14.7 Å². The molecule has 0 spiro atoms. The number of aliphatic hydroxyl groups is 1. The monoisotopic (exact) mass is 349 g/mol. The molecule has 0 aromatic heterocycles. The molecular weight excluding hydrogens is 326 g/mol. The number of carbonyl (C=O) groups excluding carboxylic acids is 1. The molecule has 0 unspecified atom stereocenters. The lowest BCUT2D eigenvalue weighted by molar-refractivity contribution is 0.0673. The highest BCUT2D eigenvalue weighted by molar-refractivity contribution is 5.79. The Morgan fingerprint density at radius 2 is 1.62 bits per heavy atom. The zero-order valence-electron chi connectivity index (χ0n) is 14.7. The lowest BCUT2D eigenvalue weighted by atomic mass is 9.98. The third-order valence-electron chi connectivity index (χ3n) is 6.10. The summed E-state index contributed by atoms with van der Waals surface area (Å²) in [6.07, 6.45) is 2.19. The van der Waals surface area contributed by atoms with Gasteiger partial charge >= 0.3 is 6.09 Å². The van der Waals surface area contributed by atoms with E-state index in [1.165, 1.54) is 22.3 Å². The van der Waals surface area contributed by atoms with Crippen LogP contribution in [0.15, 0.2) is 48.5 Å². The lowest BCUT2D eigenvalue weighted by Gasteiger charge is -2.26. The molecule has 5 rings (SSSR count). The molecule has 1 N–H and O–H groups in total. The summed E-state index contributed by atoms with van der Waals surface area (Å²) in [6, 6.07) is 16.7. The molecule has 2 fully saturated rings. The number of hydrogen-bond donors (Lipinski definition) is 1. The van der Waals surface area contributed by atoms with Crippen LogP contribution >= 0.6 is 0 Å². The number of likely N-dealkylation sites (tertiary alicyclic amines) is 1. The number of aliphatic hydroxyl groups excluding tert-OH is 1. The van der Waals surface area contributed by atoms with Crippen molar-refractivity contribution in [3.63, 3.8) is 0 Å². The minimum absolute atomic E-state index is 0.0503. The number of fused-ring (bicyclic) bond motifs is 3. The SMILES string of the molecule is O=C(OCC1c2ccccc2-c2ccccc21)N1CC[C@@H](O)[C@H]1C1CC1. The van der Waals surface area contributed by atoms with Crippen molar-refractivity contribution in [3.05, 3.63) is 59.7 Å². The van der Waals surface area contributed by atoms with Crippen molar-refractivity contribution in [1.82, 2.24) is 4.90 Å². The average molecular weight is 349 g/mol. The molecule has 0 bridgehead atoms. The van der Waals surface area contributed by atoms with Gasteiger partial charge in [-0.1, -0.05) is 48.5 Å². The fourth-order valence-corrected chi connectivity index (χ4v) is 4.70. The number of nitrogens with zero attached hydrogens (tertiary/aromatic N) is 1. The first-order valence-electron chi connectivity index (χ1n) is 9.53. The van der Waals surface area contributed by atoms with Gasteiger partial charge in [-0.05, 0) is 47.4 Å². The van der Waals surface area contributed by atoms with Crippen molar-refractivity contribution in [3.8, 4) is 11.1 Å². The second-order valence-corrected chi connectivity index (χ2v) is 7.68. The van der Waals surface area contributed by atoms with Gasteiger partial charge in [-0.15, -0.1) is 0 Å². The van der Waals surface area contributed by atoms with Gasteiger partial charge in [0.1, 0.15) is 6.61 Å². The molecule has 0 radical (unpaired) electrons. The molecular formula is C22H23NO3. The Balaban J connectivity index is 1.35. The molecule has 2 atom stereocenters. The smallest absolute Gasteiger partial charge is 0.410 e. The standard InChI is InChI=1S/C22H23NO3/c24-20-11-12-23(21(20)14-9-10-14)22(25)26-13-19-17-7-3-1-5-15(17)16-6-2-4-8-18(16)19/h1-8,14,19-21,24H,9-13H2/t20-,21-/m1/s1. The van der Waals surface area contributed by atoms with Crippen molar-refractivity contribution >= 4 is 6.09 Å². The summed E-state index contributed by atoms with van der Waals surface area (Å²) in [5, 5.41) is 10.2. The van der Waals surface area contributed by atoms with E-state index in [4.69, 9.17) is 4.74 Å². The predicted molar refractivity (Wildman–Crippen MR) is 98.9 cm³/mol. The molecule has 3 aliphatic rings. The molecule has 4 nitrogen and oxygen atoms in total. The van der Waals surface area contributed by atoms with Gasteiger partial charge in [0.25, 0.3) is 0 Å². The van der Waals surface area contributed by atoms with E-state index in [0.29, 0.717) is 25.5 Å². The van der Waals surface area contributed by atoms with Gasteiger partial charge in [0, 0.05) is 12.5 Å². The van der Waals surface area contributed by atoms with Gasteiger partial charge in [0.05, 0.1) is 12.1 Å². The molecule has 4 heteroatoms. The molecule has 1 aliphatic heterocycles. The first kappa shape index (κ1) is 15.9. The fourth-order valence-electron chi connectivity index (χ4n) is 4.70. The predicted octanol–water partition coefficient (Wildman–Crippen LogP) is 3.78. The maximum atomic E-state index is 12.7. The summed E-state index contributed by atoms with van der Waals surface area (Å²) in [7, 11) is 0. The number of rotatable bonds is 3. The Morgan fingerprint density at radius 3 is 2.23 bits per heavy atom. The molecule has 2 aliphatic carbocycles. The van der Waals surface area contributed by atoms with Crippen LogP contribution in [0.25, 0.3) is 11.1 Å². The topological polar surface area (TPSA) is 49.8 Å². The Labute approximate surface area is 153 Å². The molecule has 134 valence electrons. The van der Waals surface area contributed by atoms with E-state index in [0.717, 1.165) is 12.8 Å². The normalized spacial score (nSPS) is 24.4. The van der Waals surface area contributed by atoms with Crippen LogP contribution in [-0.2, 0) is 4.74 Å². The summed E-state index contributed by atoms with van der Waals surface area (Å²) in [4.78, 5) is 14.5. The summed E-state index contributed by atoms with van der Waals surface area (Å²) in [6.45, 7) is 0.940. The van der Waals surface area contributed by atoms with Crippen LogP contribution < -0.4 is 0 Å². The van der Waals surface area contributed by atoms with Gasteiger partial charge in [-0.25, -0.2) is 4.79 Å². The Morgan fingerprint density at radius 1 is 1.00 bits per heavy atom. The minimum Gasteiger partial charge on any atom is -0.448 e. The Bertz CT molecular complexity index is 799. The summed E-state index contributed by atoms with van der Waals surface area (Å²) in [5.41, 5.74) is 4.91. The van der Waals surface area contributed by atoms with E-state index >= 15 is 0 Å². The van der Waals surface area contributed by atoms with Crippen LogP contribution in [-0.4, -0.2) is 41.4 Å². The molecule has 26 heavy (non-hydrogen) atoms. The third kappa shape index (κ3) is 2.52. The largest absolute Gasteiger partial charge is 0.448 e. The Kier molecular flexibility index (Phi) is 3.75. The number of ether oxygens (including phenoxy) is 1. The van der Waals surface area contributed by atoms with E-state index in [2.05, 4.69) is 36.4 Å². The van der Waals surface area contributed by atoms with Crippen LogP contribution in [0.5, 0.6) is 0 Å². The first-order chi connectivity index (χ1) is 12.7. The first-order valence-corrected chi connectivity index (χ1v) is 9.53. The van der Waals surface area contributed by atoms with Crippen molar-refractivity contribution in [2.75, 3.05) is 13.2 Å². The van der Waals surface area contributed by atoms with E-state index in [1.807, 2.05) is 12.1 Å². The molecule has 1 saturated heterocycles. The van der Waals surface area contributed by atoms with Gasteiger partial charge in [-0.3, -0.25) is 0 Å². The van der Waals surface area contributed by atoms with Crippen LogP contribution in [0.3, 0.4) is 0 Å². The van der Waals surface area contributed by atoms with Crippen LogP contribution in [0.1, 0.15) is 36.3 Å². The lowest BCUT2D eigenvalue weighted by Crippen LogP contribution is -2.41. The van der Waals surface area contributed by atoms with E-state index < -0.39 is 6.10 Å². The highest BCUT2D eigenvalue weighted by atomic mass is 16.6. The maximum absolute atomic E-state index is 12.7. The molecule has 1 amide bonds. The molecule has 2 aromatic rings. The van der Waals surface area contributed by atoms with Crippen molar-refractivity contribution < 1.29 is 14.6 Å². The summed E-state index contributed by atoms with van der Waals surface area (Å²) >= 11 is 0. The van der Waals surface area contributed by atoms with Crippen LogP contribution in [0.2, 0.25) is 0 Å². The van der Waals surface area contributed by atoms with Crippen molar-refractivity contribution in [2.45, 2.75) is 37.3 Å². The van der Waals surface area contributed by atoms with Crippen molar-refractivity contribution in [1.29, 1.82) is 0 Å². The van der Waals surface area contributed by atoms with Crippen molar-refractivity contribution in [2.24, 2.45) is 5.92 Å². The second-order valence-electron chi connectivity index (χ2n) is 7.68. The second kappa shape index (κ2) is 6.13. The van der Waals surface area contributed by atoms with Gasteiger partial charge in [-0.2, -0.15) is 0 Å². The number of carbonyl (C=O) groups is 1. The van der Waals surface area contributed by atoms with E-state index in [-0.39, 0.29) is 18.1 Å². The Hall–Kier alpha value is -2.33. The van der Waals surface area contributed by atoms with E-state index in [9.17, 15) is 9.90 Å². The minimum atomic E-state index is -0.400. The molecule has 2 aromatic carbocycles. The number of amides is 1. The fraction of sp³-hybridized carbons (Fsp3) is 0.409. The van der Waals surface area contributed by atoms with Crippen LogP contribution in [0.4, 0.5) is 4.79 Å². The highest BCUT2D eigenvalue weighted by Gasteiger charge is 2.46. The average Bonchev–Trinajstić information content (AvgIpc) is 3.36. The maximum Gasteiger partial charge on any atom is 0.410 e. The summed E-state index contributed by atoms with van der Waals surface area (Å²) in [5.74, 6) is 0.534. The molecule has 1 heterocycles. The van der Waals surface area contributed by atoms with Gasteiger partial charge in [0.2, 0.25) is 0 Å². The molecule has 1 saturated carbocycles. The van der Waals surface area contributed by atoms with Crippen LogP contribution in [0, 0.1) is 5.92 Å². The highest BCUT2D eigenvalue weighted by Crippen LogP contribution is 2.45. The van der Waals surface area contributed by atoms with E-state index in [1.54, 1.807) is 4.90 Å².